The van der Waals surface area contributed by atoms with E-state index in [0.29, 0.717) is 19.6 Å². The summed E-state index contributed by atoms with van der Waals surface area (Å²) in [5.41, 5.74) is 6.64. The van der Waals surface area contributed by atoms with Crippen LogP contribution in [0.25, 0.3) is 0 Å². The average Bonchev–Trinajstić information content (AvgIpc) is 2.52. The molecule has 4 nitrogen and oxygen atoms in total. The highest BCUT2D eigenvalue weighted by molar-refractivity contribution is 5.85. The highest BCUT2D eigenvalue weighted by Crippen LogP contribution is 2.16. The van der Waals surface area contributed by atoms with Gasteiger partial charge in [-0.15, -0.1) is 12.4 Å². The second kappa shape index (κ2) is 9.77. The molecule has 0 spiro atoms. The maximum Gasteiger partial charge on any atom is 0.222 e. The number of carbonyl (C=O) groups is 1. The standard InChI is InChI=1S/C16H24N2O2.ClH/c17-10-4-7-16(19)18-11-8-15(9-12-18)20-13-14-5-2-1-3-6-14;/h1-3,5-6,15H,4,7-13,17H2;1H. The molecule has 0 atom stereocenters. The fourth-order valence-electron chi connectivity index (χ4n) is 2.47. The van der Waals surface area contributed by atoms with Crippen molar-refractivity contribution in [3.8, 4) is 0 Å². The molecule has 1 heterocycles. The van der Waals surface area contributed by atoms with Gasteiger partial charge in [-0.2, -0.15) is 0 Å². The zero-order valence-electron chi connectivity index (χ0n) is 12.4. The van der Waals surface area contributed by atoms with Crippen LogP contribution in [0, 0.1) is 0 Å². The number of halogens is 1. The number of ether oxygens (including phenoxy) is 1. The molecule has 1 aromatic carbocycles. The Bertz CT molecular complexity index is 406. The van der Waals surface area contributed by atoms with Crippen LogP contribution in [0.15, 0.2) is 30.3 Å². The fourth-order valence-corrected chi connectivity index (χ4v) is 2.47. The van der Waals surface area contributed by atoms with E-state index in [1.165, 1.54) is 5.56 Å². The van der Waals surface area contributed by atoms with Gasteiger partial charge < -0.3 is 15.4 Å². The van der Waals surface area contributed by atoms with Crippen LogP contribution < -0.4 is 5.73 Å². The minimum atomic E-state index is 0. The van der Waals surface area contributed by atoms with E-state index in [4.69, 9.17) is 10.5 Å². The normalized spacial score (nSPS) is 15.6. The van der Waals surface area contributed by atoms with Gasteiger partial charge in [-0.1, -0.05) is 30.3 Å². The molecule has 1 fully saturated rings. The second-order valence-corrected chi connectivity index (χ2v) is 5.27. The van der Waals surface area contributed by atoms with Crippen molar-refractivity contribution in [3.05, 3.63) is 35.9 Å². The van der Waals surface area contributed by atoms with Gasteiger partial charge in [0.15, 0.2) is 0 Å². The first-order chi connectivity index (χ1) is 9.79. The maximum atomic E-state index is 11.9. The first kappa shape index (κ1) is 18.0. The van der Waals surface area contributed by atoms with Crippen molar-refractivity contribution in [2.45, 2.75) is 38.4 Å². The summed E-state index contributed by atoms with van der Waals surface area (Å²) in [6, 6.07) is 10.2. The predicted molar refractivity (Wildman–Crippen MR) is 86.4 cm³/mol. The lowest BCUT2D eigenvalue weighted by Gasteiger charge is -2.32. The van der Waals surface area contributed by atoms with Gasteiger partial charge in [0.25, 0.3) is 0 Å². The van der Waals surface area contributed by atoms with Crippen LogP contribution in [-0.4, -0.2) is 36.5 Å². The van der Waals surface area contributed by atoms with Gasteiger partial charge in [-0.25, -0.2) is 0 Å². The lowest BCUT2D eigenvalue weighted by Crippen LogP contribution is -2.40. The van der Waals surface area contributed by atoms with E-state index in [0.717, 1.165) is 32.4 Å². The molecule has 0 aliphatic carbocycles. The van der Waals surface area contributed by atoms with Crippen molar-refractivity contribution in [2.75, 3.05) is 19.6 Å². The molecule has 1 amide bonds. The number of likely N-dealkylation sites (tertiary alicyclic amines) is 1. The van der Waals surface area contributed by atoms with Crippen molar-refractivity contribution in [1.82, 2.24) is 4.90 Å². The van der Waals surface area contributed by atoms with Crippen LogP contribution in [0.2, 0.25) is 0 Å². The first-order valence-corrected chi connectivity index (χ1v) is 7.43. The van der Waals surface area contributed by atoms with E-state index >= 15 is 0 Å². The molecule has 118 valence electrons. The molecule has 21 heavy (non-hydrogen) atoms. The van der Waals surface area contributed by atoms with Gasteiger partial charge in [-0.05, 0) is 31.4 Å². The number of hydrogen-bond donors (Lipinski definition) is 1. The third-order valence-electron chi connectivity index (χ3n) is 3.72. The largest absolute Gasteiger partial charge is 0.373 e. The Labute approximate surface area is 133 Å². The molecule has 0 saturated carbocycles. The van der Waals surface area contributed by atoms with Gasteiger partial charge in [0.2, 0.25) is 5.91 Å². The number of piperidine rings is 1. The van der Waals surface area contributed by atoms with Crippen molar-refractivity contribution < 1.29 is 9.53 Å². The Balaban J connectivity index is 0.00000220. The molecule has 1 aliphatic heterocycles. The monoisotopic (exact) mass is 312 g/mol. The number of amides is 1. The van der Waals surface area contributed by atoms with E-state index in [-0.39, 0.29) is 24.4 Å². The number of carbonyl (C=O) groups excluding carboxylic acids is 1. The zero-order chi connectivity index (χ0) is 14.2. The van der Waals surface area contributed by atoms with Crippen molar-refractivity contribution in [3.63, 3.8) is 0 Å². The Morgan fingerprint density at radius 2 is 1.90 bits per heavy atom. The smallest absolute Gasteiger partial charge is 0.222 e. The van der Waals surface area contributed by atoms with Crippen LogP contribution >= 0.6 is 12.4 Å². The molecule has 0 aromatic heterocycles. The van der Waals surface area contributed by atoms with Crippen molar-refractivity contribution in [1.29, 1.82) is 0 Å². The second-order valence-electron chi connectivity index (χ2n) is 5.27. The van der Waals surface area contributed by atoms with Crippen LogP contribution in [-0.2, 0) is 16.1 Å². The molecule has 0 unspecified atom stereocenters. The van der Waals surface area contributed by atoms with Gasteiger partial charge in [0.1, 0.15) is 0 Å². The summed E-state index contributed by atoms with van der Waals surface area (Å²) in [6.07, 6.45) is 3.49. The molecule has 2 N–H and O–H groups in total. The molecule has 5 heteroatoms. The first-order valence-electron chi connectivity index (χ1n) is 7.43. The SMILES string of the molecule is Cl.NCCCC(=O)N1CCC(OCc2ccccc2)CC1. The summed E-state index contributed by atoms with van der Waals surface area (Å²) >= 11 is 0. The van der Waals surface area contributed by atoms with Crippen molar-refractivity contribution >= 4 is 18.3 Å². The number of nitrogens with zero attached hydrogens (tertiary/aromatic N) is 1. The maximum absolute atomic E-state index is 11.9. The number of benzene rings is 1. The molecule has 1 aromatic rings. The summed E-state index contributed by atoms with van der Waals surface area (Å²) in [5, 5.41) is 0. The van der Waals surface area contributed by atoms with Crippen LogP contribution in [0.4, 0.5) is 0 Å². The number of hydrogen-bond acceptors (Lipinski definition) is 3. The van der Waals surface area contributed by atoms with E-state index in [1.807, 2.05) is 23.1 Å². The Morgan fingerprint density at radius 3 is 2.52 bits per heavy atom. The lowest BCUT2D eigenvalue weighted by atomic mass is 10.1. The Kier molecular flexibility index (Phi) is 8.35. The molecular formula is C16H25ClN2O2. The Morgan fingerprint density at radius 1 is 1.24 bits per heavy atom. The minimum absolute atomic E-state index is 0. The quantitative estimate of drug-likeness (QED) is 0.877. The zero-order valence-corrected chi connectivity index (χ0v) is 13.2. The third kappa shape index (κ3) is 6.04. The van der Waals surface area contributed by atoms with E-state index in [1.54, 1.807) is 0 Å². The summed E-state index contributed by atoms with van der Waals surface area (Å²) in [6.45, 7) is 2.86. The summed E-state index contributed by atoms with van der Waals surface area (Å²) in [5.74, 6) is 0.233. The highest BCUT2D eigenvalue weighted by atomic mass is 35.5. The molecule has 1 aliphatic rings. The van der Waals surface area contributed by atoms with E-state index in [2.05, 4.69) is 12.1 Å². The minimum Gasteiger partial charge on any atom is -0.373 e. The van der Waals surface area contributed by atoms with Crippen LogP contribution in [0.1, 0.15) is 31.2 Å². The van der Waals surface area contributed by atoms with Gasteiger partial charge >= 0.3 is 0 Å². The average molecular weight is 313 g/mol. The lowest BCUT2D eigenvalue weighted by molar-refractivity contribution is -0.134. The van der Waals surface area contributed by atoms with E-state index < -0.39 is 0 Å². The number of rotatable bonds is 6. The third-order valence-corrected chi connectivity index (χ3v) is 3.72. The van der Waals surface area contributed by atoms with Crippen molar-refractivity contribution in [2.24, 2.45) is 5.73 Å². The van der Waals surface area contributed by atoms with Gasteiger partial charge in [0.05, 0.1) is 12.7 Å². The van der Waals surface area contributed by atoms with E-state index in [9.17, 15) is 4.79 Å². The summed E-state index contributed by atoms with van der Waals surface area (Å²) in [4.78, 5) is 13.8. The number of nitrogens with two attached hydrogens (primary N) is 1. The van der Waals surface area contributed by atoms with Gasteiger partial charge in [-0.3, -0.25) is 4.79 Å². The van der Waals surface area contributed by atoms with Gasteiger partial charge in [0, 0.05) is 19.5 Å². The highest BCUT2D eigenvalue weighted by Gasteiger charge is 2.22. The Hall–Kier alpha value is -1.10. The molecule has 2 rings (SSSR count). The topological polar surface area (TPSA) is 55.6 Å². The summed E-state index contributed by atoms with van der Waals surface area (Å²) in [7, 11) is 0. The molecular weight excluding hydrogens is 288 g/mol. The fraction of sp³-hybridized carbons (Fsp3) is 0.562. The predicted octanol–water partition coefficient (Wildman–Crippen LogP) is 2.35. The summed E-state index contributed by atoms with van der Waals surface area (Å²) < 4.78 is 5.92. The van der Waals surface area contributed by atoms with Crippen LogP contribution in [0.3, 0.4) is 0 Å². The van der Waals surface area contributed by atoms with Crippen LogP contribution in [0.5, 0.6) is 0 Å². The molecule has 0 radical (unpaired) electrons. The molecule has 1 saturated heterocycles. The molecule has 0 bridgehead atoms.